The number of aliphatic carboxylic acids is 1. The number of carboxylic acids is 1. The molecular weight excluding hydrogens is 435 g/mol. The molecule has 1 aliphatic rings. The van der Waals surface area contributed by atoms with Crippen LogP contribution < -0.4 is 9.46 Å². The van der Waals surface area contributed by atoms with Crippen LogP contribution in [0.5, 0.6) is 5.75 Å². The first-order chi connectivity index (χ1) is 13.5. The molecule has 0 aliphatic carbocycles. The van der Waals surface area contributed by atoms with Gasteiger partial charge in [0.25, 0.3) is 0 Å². The molecule has 0 spiro atoms. The van der Waals surface area contributed by atoms with Crippen molar-refractivity contribution in [1.82, 2.24) is 4.72 Å². The standard InChI is InChI=1S/C18H13ClF3NO5S/c19-14-8-12(29(26,27)23-9-10-4-2-1-3-5-10)6-11-7-13(17(24)25)16(18(20,21)22)28-15(11)14/h1-8,16,23H,9H2,(H,24,25)/t16-/m0/s1. The van der Waals surface area contributed by atoms with E-state index in [1.54, 1.807) is 30.3 Å². The third kappa shape index (κ3) is 4.55. The lowest BCUT2D eigenvalue weighted by molar-refractivity contribution is -0.187. The third-order valence-electron chi connectivity index (χ3n) is 4.04. The summed E-state index contributed by atoms with van der Waals surface area (Å²) in [6, 6.07) is 10.6. The van der Waals surface area contributed by atoms with Gasteiger partial charge in [0.1, 0.15) is 5.75 Å². The molecule has 0 fully saturated rings. The smallest absolute Gasteiger partial charge is 0.430 e. The van der Waals surface area contributed by atoms with Crippen molar-refractivity contribution in [2.24, 2.45) is 0 Å². The number of rotatable bonds is 5. The molecule has 3 rings (SSSR count). The largest absolute Gasteiger partial charge is 0.478 e. The molecule has 1 aliphatic heterocycles. The van der Waals surface area contributed by atoms with Gasteiger partial charge in [-0.25, -0.2) is 17.9 Å². The van der Waals surface area contributed by atoms with Gasteiger partial charge >= 0.3 is 12.1 Å². The molecule has 0 saturated carbocycles. The molecule has 6 nitrogen and oxygen atoms in total. The highest BCUT2D eigenvalue weighted by Crippen LogP contribution is 2.42. The monoisotopic (exact) mass is 447 g/mol. The van der Waals surface area contributed by atoms with Crippen LogP contribution >= 0.6 is 11.6 Å². The van der Waals surface area contributed by atoms with Crippen molar-refractivity contribution in [3.8, 4) is 5.75 Å². The van der Waals surface area contributed by atoms with Gasteiger partial charge in [-0.2, -0.15) is 13.2 Å². The number of nitrogens with one attached hydrogen (secondary N) is 1. The summed E-state index contributed by atoms with van der Waals surface area (Å²) in [6.45, 7) is -0.0270. The number of hydrogen-bond acceptors (Lipinski definition) is 4. The predicted octanol–water partition coefficient (Wildman–Crippen LogP) is 3.61. The van der Waals surface area contributed by atoms with Crippen molar-refractivity contribution >= 4 is 33.7 Å². The number of sulfonamides is 1. The number of benzene rings is 2. The first-order valence-corrected chi connectivity index (χ1v) is 9.90. The van der Waals surface area contributed by atoms with Crippen LogP contribution in [0.1, 0.15) is 11.1 Å². The van der Waals surface area contributed by atoms with E-state index in [0.717, 1.165) is 12.1 Å². The Bertz CT molecular complexity index is 1080. The summed E-state index contributed by atoms with van der Waals surface area (Å²) in [5.41, 5.74) is -0.576. The lowest BCUT2D eigenvalue weighted by Crippen LogP contribution is -2.40. The Labute approximate surface area is 168 Å². The first kappa shape index (κ1) is 21.2. The highest BCUT2D eigenvalue weighted by Gasteiger charge is 2.49. The van der Waals surface area contributed by atoms with Gasteiger partial charge in [0.2, 0.25) is 16.1 Å². The fourth-order valence-corrected chi connectivity index (χ4v) is 4.09. The Kier molecular flexibility index (Phi) is 5.61. The molecule has 0 unspecified atom stereocenters. The number of ether oxygens (including phenoxy) is 1. The number of carbonyl (C=O) groups is 1. The van der Waals surface area contributed by atoms with Crippen LogP contribution in [0.2, 0.25) is 5.02 Å². The molecule has 154 valence electrons. The fourth-order valence-electron chi connectivity index (χ4n) is 2.67. The second-order valence-electron chi connectivity index (χ2n) is 6.08. The Morgan fingerprint density at radius 1 is 1.21 bits per heavy atom. The minimum absolute atomic E-state index is 0.0270. The highest BCUT2D eigenvalue weighted by molar-refractivity contribution is 7.89. The molecule has 2 aromatic carbocycles. The van der Waals surface area contributed by atoms with Gasteiger partial charge in [-0.05, 0) is 23.8 Å². The van der Waals surface area contributed by atoms with E-state index in [9.17, 15) is 26.4 Å². The number of carboxylic acid groups (broad SMARTS) is 1. The fraction of sp³-hybridized carbons (Fsp3) is 0.167. The summed E-state index contributed by atoms with van der Waals surface area (Å²) < 4.78 is 71.6. The van der Waals surface area contributed by atoms with E-state index in [2.05, 4.69) is 4.72 Å². The molecule has 2 N–H and O–H groups in total. The summed E-state index contributed by atoms with van der Waals surface area (Å²) in [5.74, 6) is -2.29. The Morgan fingerprint density at radius 3 is 2.45 bits per heavy atom. The van der Waals surface area contributed by atoms with Gasteiger partial charge < -0.3 is 9.84 Å². The number of hydrogen-bond donors (Lipinski definition) is 2. The number of halogens is 4. The first-order valence-electron chi connectivity index (χ1n) is 8.04. The lowest BCUT2D eigenvalue weighted by Gasteiger charge is -2.27. The van der Waals surface area contributed by atoms with Crippen molar-refractivity contribution < 1.29 is 36.2 Å². The van der Waals surface area contributed by atoms with Crippen LogP contribution in [0, 0.1) is 0 Å². The van der Waals surface area contributed by atoms with Gasteiger partial charge in [-0.15, -0.1) is 0 Å². The lowest BCUT2D eigenvalue weighted by atomic mass is 10.0. The zero-order chi connectivity index (χ0) is 21.4. The molecule has 0 radical (unpaired) electrons. The van der Waals surface area contributed by atoms with E-state index < -0.39 is 44.6 Å². The summed E-state index contributed by atoms with van der Waals surface area (Å²) >= 11 is 5.95. The van der Waals surface area contributed by atoms with Gasteiger partial charge in [-0.3, -0.25) is 0 Å². The maximum Gasteiger partial charge on any atom is 0.430 e. The van der Waals surface area contributed by atoms with Gasteiger partial charge in [0.05, 0.1) is 15.5 Å². The zero-order valence-electron chi connectivity index (χ0n) is 14.4. The molecule has 29 heavy (non-hydrogen) atoms. The predicted molar refractivity (Wildman–Crippen MR) is 98.0 cm³/mol. The van der Waals surface area contributed by atoms with Gasteiger partial charge in [-0.1, -0.05) is 41.9 Å². The molecule has 11 heteroatoms. The van der Waals surface area contributed by atoms with Crippen LogP contribution in [0.3, 0.4) is 0 Å². The molecule has 1 heterocycles. The maximum absolute atomic E-state index is 13.1. The minimum Gasteiger partial charge on any atom is -0.478 e. The van der Waals surface area contributed by atoms with E-state index in [1.165, 1.54) is 0 Å². The van der Waals surface area contributed by atoms with Crippen LogP contribution in [0.25, 0.3) is 6.08 Å². The zero-order valence-corrected chi connectivity index (χ0v) is 16.0. The molecule has 0 saturated heterocycles. The molecule has 0 bridgehead atoms. The van der Waals surface area contributed by atoms with Crippen molar-refractivity contribution in [2.45, 2.75) is 23.7 Å². The Balaban J connectivity index is 1.98. The van der Waals surface area contributed by atoms with Crippen LogP contribution in [-0.2, 0) is 21.4 Å². The highest BCUT2D eigenvalue weighted by atomic mass is 35.5. The molecular formula is C18H13ClF3NO5S. The van der Waals surface area contributed by atoms with Gasteiger partial charge in [0.15, 0.2) is 0 Å². The average molecular weight is 448 g/mol. The van der Waals surface area contributed by atoms with Crippen LogP contribution in [0.15, 0.2) is 52.9 Å². The van der Waals surface area contributed by atoms with E-state index in [-0.39, 0.29) is 17.0 Å². The number of alkyl halides is 3. The summed E-state index contributed by atoms with van der Waals surface area (Å²) in [4.78, 5) is 10.9. The van der Waals surface area contributed by atoms with E-state index in [4.69, 9.17) is 21.4 Å². The Morgan fingerprint density at radius 2 is 1.86 bits per heavy atom. The second-order valence-corrected chi connectivity index (χ2v) is 8.25. The summed E-state index contributed by atoms with van der Waals surface area (Å²) in [6.07, 6.45) is -7.00. The van der Waals surface area contributed by atoms with Crippen molar-refractivity contribution in [3.63, 3.8) is 0 Å². The summed E-state index contributed by atoms with van der Waals surface area (Å²) in [7, 11) is -4.08. The van der Waals surface area contributed by atoms with Crippen LogP contribution in [-0.4, -0.2) is 31.8 Å². The van der Waals surface area contributed by atoms with Crippen molar-refractivity contribution in [3.05, 3.63) is 64.2 Å². The number of fused-ring (bicyclic) bond motifs is 1. The van der Waals surface area contributed by atoms with E-state index in [1.807, 2.05) is 0 Å². The average Bonchev–Trinajstić information content (AvgIpc) is 2.65. The quantitative estimate of drug-likeness (QED) is 0.730. The van der Waals surface area contributed by atoms with Gasteiger partial charge in [0, 0.05) is 12.1 Å². The van der Waals surface area contributed by atoms with Crippen molar-refractivity contribution in [1.29, 1.82) is 0 Å². The maximum atomic E-state index is 13.1. The minimum atomic E-state index is -4.99. The van der Waals surface area contributed by atoms with Crippen molar-refractivity contribution in [2.75, 3.05) is 0 Å². The topological polar surface area (TPSA) is 92.7 Å². The summed E-state index contributed by atoms with van der Waals surface area (Å²) in [5, 5.41) is 8.70. The second kappa shape index (κ2) is 7.69. The van der Waals surface area contributed by atoms with Crippen LogP contribution in [0.4, 0.5) is 13.2 Å². The molecule has 0 amide bonds. The normalized spacial score (nSPS) is 16.6. The SMILES string of the molecule is O=C(O)C1=Cc2cc(S(=O)(=O)NCc3ccccc3)cc(Cl)c2O[C@@H]1C(F)(F)F. The third-order valence-corrected chi connectivity index (χ3v) is 5.70. The van der Waals surface area contributed by atoms with E-state index >= 15 is 0 Å². The van der Waals surface area contributed by atoms with E-state index in [0.29, 0.717) is 11.6 Å². The Hall–Kier alpha value is -2.56. The molecule has 1 atom stereocenters. The molecule has 2 aromatic rings. The molecule has 0 aromatic heterocycles.